The molecule has 2 heterocycles. The summed E-state index contributed by atoms with van der Waals surface area (Å²) in [6.45, 7) is 2.03. The molecule has 0 unspecified atom stereocenters. The summed E-state index contributed by atoms with van der Waals surface area (Å²) >= 11 is 0. The maximum absolute atomic E-state index is 12.3. The number of carbonyl (C=O) groups is 1. The van der Waals surface area contributed by atoms with Gasteiger partial charge in [-0.2, -0.15) is 0 Å². The van der Waals surface area contributed by atoms with Crippen molar-refractivity contribution in [2.75, 3.05) is 19.0 Å². The van der Waals surface area contributed by atoms with Crippen LogP contribution in [0.4, 0.5) is 5.69 Å². The monoisotopic (exact) mass is 258 g/mol. The van der Waals surface area contributed by atoms with Gasteiger partial charge in [-0.05, 0) is 30.5 Å². The quantitative estimate of drug-likeness (QED) is 0.798. The smallest absolute Gasteiger partial charge is 0.232 e. The van der Waals surface area contributed by atoms with Crippen molar-refractivity contribution in [3.8, 4) is 0 Å². The zero-order valence-electron chi connectivity index (χ0n) is 11.2. The van der Waals surface area contributed by atoms with Crippen LogP contribution in [0.3, 0.4) is 0 Å². The number of fused-ring (bicyclic) bond motifs is 2. The number of nitrogens with zero attached hydrogens (tertiary/aromatic N) is 1. The number of rotatable bonds is 1. The molecule has 19 heavy (non-hydrogen) atoms. The van der Waals surface area contributed by atoms with Crippen LogP contribution in [0.15, 0.2) is 30.0 Å². The molecule has 100 valence electrons. The Labute approximate surface area is 112 Å². The van der Waals surface area contributed by atoms with Gasteiger partial charge in [0.25, 0.3) is 0 Å². The maximum Gasteiger partial charge on any atom is 0.232 e. The van der Waals surface area contributed by atoms with E-state index >= 15 is 0 Å². The van der Waals surface area contributed by atoms with Crippen LogP contribution in [-0.2, 0) is 11.2 Å². The Hall–Kier alpha value is -1.81. The van der Waals surface area contributed by atoms with E-state index in [2.05, 4.69) is 30.4 Å². The number of aliphatic hydroxyl groups is 1. The summed E-state index contributed by atoms with van der Waals surface area (Å²) in [5.41, 5.74) is 4.33. The van der Waals surface area contributed by atoms with E-state index in [1.54, 1.807) is 18.1 Å². The predicted octanol–water partition coefficient (Wildman–Crippen LogP) is 1.30. The van der Waals surface area contributed by atoms with E-state index in [0.29, 0.717) is 0 Å². The highest BCUT2D eigenvalue weighted by atomic mass is 16.3. The molecule has 2 aliphatic heterocycles. The molecule has 2 atom stereocenters. The van der Waals surface area contributed by atoms with E-state index in [0.717, 1.165) is 17.7 Å². The number of hydrogen-bond acceptors (Lipinski definition) is 3. The van der Waals surface area contributed by atoms with Gasteiger partial charge in [0.05, 0.1) is 18.6 Å². The number of aliphatic hydroxyl groups excluding tert-OH is 1. The first-order valence-corrected chi connectivity index (χ1v) is 6.54. The first-order chi connectivity index (χ1) is 9.10. The number of hydrogen-bond donors (Lipinski definition) is 2. The maximum atomic E-state index is 12.3. The Bertz CT molecular complexity index is 565. The molecule has 0 saturated carbocycles. The highest BCUT2D eigenvalue weighted by Gasteiger charge is 2.39. The molecule has 1 amide bonds. The van der Waals surface area contributed by atoms with Gasteiger partial charge in [0.2, 0.25) is 5.91 Å². The molecule has 4 heteroatoms. The van der Waals surface area contributed by atoms with E-state index < -0.39 is 0 Å². The van der Waals surface area contributed by atoms with Gasteiger partial charge in [0.1, 0.15) is 0 Å². The summed E-state index contributed by atoms with van der Waals surface area (Å²) in [4.78, 5) is 13.9. The average molecular weight is 258 g/mol. The summed E-state index contributed by atoms with van der Waals surface area (Å²) in [7, 11) is 1.75. The van der Waals surface area contributed by atoms with Gasteiger partial charge in [-0.25, -0.2) is 0 Å². The van der Waals surface area contributed by atoms with Crippen LogP contribution < -0.4 is 5.32 Å². The lowest BCUT2D eigenvalue weighted by molar-refractivity contribution is -0.133. The number of nitrogens with one attached hydrogen (secondary N) is 1. The minimum atomic E-state index is -0.119. The molecule has 2 N–H and O–H groups in total. The van der Waals surface area contributed by atoms with Crippen LogP contribution in [0.25, 0.3) is 0 Å². The molecule has 0 bridgehead atoms. The molecule has 0 fully saturated rings. The van der Waals surface area contributed by atoms with Gasteiger partial charge in [0, 0.05) is 18.9 Å². The Morgan fingerprint density at radius 2 is 2.26 bits per heavy atom. The van der Waals surface area contributed by atoms with Crippen molar-refractivity contribution in [3.63, 3.8) is 0 Å². The summed E-state index contributed by atoms with van der Waals surface area (Å²) in [6, 6.07) is 6.16. The second-order valence-electron chi connectivity index (χ2n) is 5.40. The first kappa shape index (κ1) is 12.2. The van der Waals surface area contributed by atoms with Gasteiger partial charge in [-0.15, -0.1) is 0 Å². The zero-order valence-corrected chi connectivity index (χ0v) is 11.2. The van der Waals surface area contributed by atoms with Gasteiger partial charge in [-0.3, -0.25) is 4.79 Å². The molecule has 2 aliphatic rings. The molecule has 0 spiro atoms. The third-order valence-corrected chi connectivity index (χ3v) is 4.02. The fraction of sp³-hybridized carbons (Fsp3) is 0.400. The number of benzene rings is 1. The number of anilines is 1. The van der Waals surface area contributed by atoms with Crippen molar-refractivity contribution in [3.05, 3.63) is 41.1 Å². The Balaban J connectivity index is 2.02. The normalized spacial score (nSPS) is 25.3. The van der Waals surface area contributed by atoms with Crippen LogP contribution in [0.1, 0.15) is 11.1 Å². The van der Waals surface area contributed by atoms with E-state index in [-0.39, 0.29) is 24.5 Å². The predicted molar refractivity (Wildman–Crippen MR) is 73.7 cm³/mol. The second kappa shape index (κ2) is 4.38. The lowest BCUT2D eigenvalue weighted by atomic mass is 9.80. The van der Waals surface area contributed by atoms with Crippen molar-refractivity contribution in [1.29, 1.82) is 0 Å². The fourth-order valence-corrected chi connectivity index (χ4v) is 3.03. The summed E-state index contributed by atoms with van der Waals surface area (Å²) in [5, 5.41) is 12.9. The van der Waals surface area contributed by atoms with Gasteiger partial charge in [-0.1, -0.05) is 17.7 Å². The van der Waals surface area contributed by atoms with Crippen LogP contribution >= 0.6 is 0 Å². The van der Waals surface area contributed by atoms with Crippen LogP contribution in [0.2, 0.25) is 0 Å². The Morgan fingerprint density at radius 1 is 1.47 bits per heavy atom. The Morgan fingerprint density at radius 3 is 3.00 bits per heavy atom. The van der Waals surface area contributed by atoms with Crippen molar-refractivity contribution in [2.24, 2.45) is 5.92 Å². The number of amides is 1. The van der Waals surface area contributed by atoms with Gasteiger partial charge < -0.3 is 15.3 Å². The number of carbonyl (C=O) groups excluding carboxylic acids is 1. The highest BCUT2D eigenvalue weighted by Crippen LogP contribution is 2.35. The van der Waals surface area contributed by atoms with Crippen LogP contribution in [-0.4, -0.2) is 35.6 Å². The topological polar surface area (TPSA) is 52.6 Å². The van der Waals surface area contributed by atoms with E-state index in [1.165, 1.54) is 11.1 Å². The molecule has 3 rings (SSSR count). The molecular formula is C15H18N2O2. The summed E-state index contributed by atoms with van der Waals surface area (Å²) in [6.07, 6.45) is 2.48. The molecule has 4 nitrogen and oxygen atoms in total. The summed E-state index contributed by atoms with van der Waals surface area (Å²) in [5.74, 6) is -0.00620. The molecule has 0 aromatic heterocycles. The van der Waals surface area contributed by atoms with Crippen molar-refractivity contribution < 1.29 is 9.90 Å². The van der Waals surface area contributed by atoms with E-state index in [1.807, 2.05) is 0 Å². The van der Waals surface area contributed by atoms with Gasteiger partial charge in [0.15, 0.2) is 0 Å². The van der Waals surface area contributed by atoms with Crippen molar-refractivity contribution >= 4 is 11.6 Å². The molecular weight excluding hydrogens is 240 g/mol. The first-order valence-electron chi connectivity index (χ1n) is 6.54. The standard InChI is InChI=1S/C15H18N2O2/c1-9-3-4-13-10(5-9)6-12-14(16-13)11(8-18)7-17(2)15(12)19/h3-5,7,12,14,16,18H,6,8H2,1-2H3/t12-,14+/m1/s1. The largest absolute Gasteiger partial charge is 0.392 e. The Kier molecular flexibility index (Phi) is 2.82. The molecule has 1 aromatic rings. The third-order valence-electron chi connectivity index (χ3n) is 4.02. The molecule has 0 aliphatic carbocycles. The SMILES string of the molecule is Cc1ccc2c(c1)C[C@H]1C(=O)N(C)C=C(CO)[C@@H]1N2. The lowest BCUT2D eigenvalue weighted by Crippen LogP contribution is -2.49. The minimum Gasteiger partial charge on any atom is -0.392 e. The number of aryl methyl sites for hydroxylation is 1. The van der Waals surface area contributed by atoms with Crippen molar-refractivity contribution in [2.45, 2.75) is 19.4 Å². The third kappa shape index (κ3) is 1.92. The molecule has 0 saturated heterocycles. The van der Waals surface area contributed by atoms with Gasteiger partial charge >= 0.3 is 0 Å². The molecule has 0 radical (unpaired) electrons. The minimum absolute atomic E-state index is 0.0209. The van der Waals surface area contributed by atoms with E-state index in [4.69, 9.17) is 0 Å². The van der Waals surface area contributed by atoms with Crippen molar-refractivity contribution in [1.82, 2.24) is 4.90 Å². The summed E-state index contributed by atoms with van der Waals surface area (Å²) < 4.78 is 0. The fourth-order valence-electron chi connectivity index (χ4n) is 3.03. The average Bonchev–Trinajstić information content (AvgIpc) is 2.41. The van der Waals surface area contributed by atoms with Crippen LogP contribution in [0.5, 0.6) is 0 Å². The zero-order chi connectivity index (χ0) is 13.6. The second-order valence-corrected chi connectivity index (χ2v) is 5.40. The highest BCUT2D eigenvalue weighted by molar-refractivity contribution is 5.84. The lowest BCUT2D eigenvalue weighted by Gasteiger charge is -2.40. The molecule has 1 aromatic carbocycles. The van der Waals surface area contributed by atoms with E-state index in [9.17, 15) is 9.90 Å². The van der Waals surface area contributed by atoms with Crippen LogP contribution in [0, 0.1) is 12.8 Å².